The van der Waals surface area contributed by atoms with E-state index in [9.17, 15) is 4.79 Å². The average Bonchev–Trinajstić information content (AvgIpc) is 2.07. The third-order valence-electron chi connectivity index (χ3n) is 1.75. The topological polar surface area (TPSA) is 41.1 Å². The zero-order chi connectivity index (χ0) is 8.55. The van der Waals surface area contributed by atoms with Gasteiger partial charge in [0.1, 0.15) is 0 Å². The van der Waals surface area contributed by atoms with Crippen LogP contribution < -0.4 is 10.9 Å². The van der Waals surface area contributed by atoms with E-state index in [0.29, 0.717) is 17.1 Å². The van der Waals surface area contributed by atoms with Crippen LogP contribution in [-0.2, 0) is 0 Å². The Labute approximate surface area is 74.7 Å². The van der Waals surface area contributed by atoms with Crippen LogP contribution in [0.3, 0.4) is 0 Å². The predicted octanol–water partition coefficient (Wildman–Crippen LogP) is 1.45. The Balaban J connectivity index is 2.54. The number of hydrazine groups is 1. The zero-order valence-corrected chi connectivity index (χ0v) is 6.98. The molecule has 12 heavy (non-hydrogen) atoms. The molecule has 0 aromatic heterocycles. The highest BCUT2D eigenvalue weighted by Gasteiger charge is 2.15. The number of benzene rings is 1. The molecule has 0 radical (unpaired) electrons. The van der Waals surface area contributed by atoms with Crippen molar-refractivity contribution in [1.29, 1.82) is 0 Å². The lowest BCUT2D eigenvalue weighted by molar-refractivity contribution is 0.0989. The first kappa shape index (κ1) is 7.58. The van der Waals surface area contributed by atoms with Crippen molar-refractivity contribution < 1.29 is 4.79 Å². The summed E-state index contributed by atoms with van der Waals surface area (Å²) in [7, 11) is 0. The minimum absolute atomic E-state index is 0.0613. The fourth-order valence-electron chi connectivity index (χ4n) is 1.17. The standard InChI is InChI=1S/C8H7ClN2O/c9-5-1-2-7-6(3-5)8(12)4-10-11-7/h1-3,10-11H,4H2. The van der Waals surface area contributed by atoms with E-state index in [1.807, 2.05) is 0 Å². The van der Waals surface area contributed by atoms with Crippen molar-refractivity contribution in [3.63, 3.8) is 0 Å². The Morgan fingerprint density at radius 3 is 3.08 bits per heavy atom. The predicted molar refractivity (Wildman–Crippen MR) is 47.4 cm³/mol. The van der Waals surface area contributed by atoms with Gasteiger partial charge in [-0.15, -0.1) is 0 Å². The SMILES string of the molecule is O=C1CNNc2ccc(Cl)cc21. The maximum Gasteiger partial charge on any atom is 0.180 e. The summed E-state index contributed by atoms with van der Waals surface area (Å²) in [6.45, 7) is 0.313. The van der Waals surface area contributed by atoms with Crippen molar-refractivity contribution in [2.45, 2.75) is 0 Å². The molecule has 2 N–H and O–H groups in total. The summed E-state index contributed by atoms with van der Waals surface area (Å²) in [5.41, 5.74) is 7.10. The molecular weight excluding hydrogens is 176 g/mol. The first-order valence-electron chi connectivity index (χ1n) is 3.59. The van der Waals surface area contributed by atoms with E-state index in [2.05, 4.69) is 10.9 Å². The van der Waals surface area contributed by atoms with Gasteiger partial charge in [-0.2, -0.15) is 0 Å². The molecule has 1 aliphatic heterocycles. The number of anilines is 1. The molecule has 0 aliphatic carbocycles. The summed E-state index contributed by atoms with van der Waals surface area (Å²) in [6.07, 6.45) is 0. The number of Topliss-reactive ketones (excluding diaryl/α,β-unsaturated/α-hetero) is 1. The third kappa shape index (κ3) is 1.17. The smallest absolute Gasteiger partial charge is 0.180 e. The van der Waals surface area contributed by atoms with Gasteiger partial charge in [0.05, 0.1) is 12.2 Å². The van der Waals surface area contributed by atoms with Crippen LogP contribution in [0.5, 0.6) is 0 Å². The molecule has 0 saturated carbocycles. The summed E-state index contributed by atoms with van der Waals surface area (Å²) in [5, 5.41) is 0.589. The van der Waals surface area contributed by atoms with Crippen LogP contribution in [-0.4, -0.2) is 12.3 Å². The second-order valence-electron chi connectivity index (χ2n) is 2.59. The van der Waals surface area contributed by atoms with Gasteiger partial charge in [-0.1, -0.05) is 11.6 Å². The van der Waals surface area contributed by atoms with Crippen LogP contribution in [0, 0.1) is 0 Å². The number of rotatable bonds is 0. The van der Waals surface area contributed by atoms with E-state index in [0.717, 1.165) is 5.69 Å². The van der Waals surface area contributed by atoms with Gasteiger partial charge < -0.3 is 5.43 Å². The summed E-state index contributed by atoms with van der Waals surface area (Å²) < 4.78 is 0. The van der Waals surface area contributed by atoms with Gasteiger partial charge in [0.15, 0.2) is 5.78 Å². The van der Waals surface area contributed by atoms with E-state index in [4.69, 9.17) is 11.6 Å². The normalized spacial score (nSPS) is 15.2. The van der Waals surface area contributed by atoms with E-state index < -0.39 is 0 Å². The monoisotopic (exact) mass is 182 g/mol. The quantitative estimate of drug-likeness (QED) is 0.638. The molecule has 1 aromatic rings. The molecule has 0 fully saturated rings. The second kappa shape index (κ2) is 2.77. The number of hydrogen-bond donors (Lipinski definition) is 2. The molecule has 2 rings (SSSR count). The molecule has 1 heterocycles. The minimum Gasteiger partial charge on any atom is -0.320 e. The molecule has 0 atom stereocenters. The van der Waals surface area contributed by atoms with Crippen molar-refractivity contribution in [2.75, 3.05) is 12.0 Å². The van der Waals surface area contributed by atoms with Crippen LogP contribution in [0.1, 0.15) is 10.4 Å². The third-order valence-corrected chi connectivity index (χ3v) is 1.99. The van der Waals surface area contributed by atoms with E-state index >= 15 is 0 Å². The highest BCUT2D eigenvalue weighted by molar-refractivity contribution is 6.31. The van der Waals surface area contributed by atoms with Gasteiger partial charge in [0.2, 0.25) is 0 Å². The Bertz CT molecular complexity index is 338. The van der Waals surface area contributed by atoms with E-state index in [1.165, 1.54) is 0 Å². The Hall–Kier alpha value is -1.06. The highest BCUT2D eigenvalue weighted by atomic mass is 35.5. The number of hydrogen-bond acceptors (Lipinski definition) is 3. The highest BCUT2D eigenvalue weighted by Crippen LogP contribution is 2.22. The molecule has 62 valence electrons. The van der Waals surface area contributed by atoms with Crippen LogP contribution in [0.2, 0.25) is 5.02 Å². The van der Waals surface area contributed by atoms with Crippen LogP contribution in [0.25, 0.3) is 0 Å². The van der Waals surface area contributed by atoms with Gasteiger partial charge in [0.25, 0.3) is 0 Å². The number of nitrogens with one attached hydrogen (secondary N) is 2. The van der Waals surface area contributed by atoms with Gasteiger partial charge in [-0.3, -0.25) is 4.79 Å². The lowest BCUT2D eigenvalue weighted by atomic mass is 10.1. The first-order chi connectivity index (χ1) is 5.77. The zero-order valence-electron chi connectivity index (χ0n) is 6.23. The number of ketones is 1. The second-order valence-corrected chi connectivity index (χ2v) is 3.03. The largest absolute Gasteiger partial charge is 0.320 e. The Morgan fingerprint density at radius 1 is 1.42 bits per heavy atom. The lowest BCUT2D eigenvalue weighted by Crippen LogP contribution is -2.34. The number of fused-ring (bicyclic) bond motifs is 1. The minimum atomic E-state index is 0.0613. The Kier molecular flexibility index (Phi) is 1.75. The van der Waals surface area contributed by atoms with E-state index in [-0.39, 0.29) is 5.78 Å². The van der Waals surface area contributed by atoms with Crippen molar-refractivity contribution in [3.05, 3.63) is 28.8 Å². The molecule has 0 amide bonds. The van der Waals surface area contributed by atoms with Crippen molar-refractivity contribution in [1.82, 2.24) is 5.43 Å². The molecule has 4 heteroatoms. The van der Waals surface area contributed by atoms with Gasteiger partial charge in [-0.05, 0) is 18.2 Å². The molecule has 3 nitrogen and oxygen atoms in total. The van der Waals surface area contributed by atoms with Crippen molar-refractivity contribution in [3.8, 4) is 0 Å². The maximum absolute atomic E-state index is 11.3. The van der Waals surface area contributed by atoms with Crippen LogP contribution >= 0.6 is 11.6 Å². The Morgan fingerprint density at radius 2 is 2.25 bits per heavy atom. The molecule has 1 aliphatic rings. The summed E-state index contributed by atoms with van der Waals surface area (Å²) in [4.78, 5) is 11.3. The molecular formula is C8H7ClN2O. The van der Waals surface area contributed by atoms with Gasteiger partial charge in [0, 0.05) is 10.6 Å². The van der Waals surface area contributed by atoms with E-state index in [1.54, 1.807) is 18.2 Å². The van der Waals surface area contributed by atoms with Crippen LogP contribution in [0.4, 0.5) is 5.69 Å². The van der Waals surface area contributed by atoms with Gasteiger partial charge in [-0.25, -0.2) is 5.43 Å². The van der Waals surface area contributed by atoms with Gasteiger partial charge >= 0.3 is 0 Å². The molecule has 0 bridgehead atoms. The summed E-state index contributed by atoms with van der Waals surface area (Å²) in [6, 6.07) is 5.20. The average molecular weight is 183 g/mol. The summed E-state index contributed by atoms with van der Waals surface area (Å²) in [5.74, 6) is 0.0613. The lowest BCUT2D eigenvalue weighted by Gasteiger charge is -2.17. The number of carbonyl (C=O) groups is 1. The molecule has 1 aromatic carbocycles. The van der Waals surface area contributed by atoms with Crippen molar-refractivity contribution in [2.24, 2.45) is 0 Å². The molecule has 0 saturated heterocycles. The van der Waals surface area contributed by atoms with Crippen LogP contribution in [0.15, 0.2) is 18.2 Å². The first-order valence-corrected chi connectivity index (χ1v) is 3.97. The fourth-order valence-corrected chi connectivity index (χ4v) is 1.34. The molecule has 0 spiro atoms. The maximum atomic E-state index is 11.3. The summed E-state index contributed by atoms with van der Waals surface area (Å²) >= 11 is 5.74. The molecule has 0 unspecified atom stereocenters. The van der Waals surface area contributed by atoms with Crippen molar-refractivity contribution >= 4 is 23.1 Å². The number of halogens is 1. The fraction of sp³-hybridized carbons (Fsp3) is 0.125. The number of carbonyl (C=O) groups excluding carboxylic acids is 1.